The Labute approximate surface area is 132 Å². The fourth-order valence-electron chi connectivity index (χ4n) is 3.64. The highest BCUT2D eigenvalue weighted by Gasteiger charge is 2.31. The highest BCUT2D eigenvalue weighted by molar-refractivity contribution is 5.28. The third-order valence-corrected chi connectivity index (χ3v) is 5.23. The van der Waals surface area contributed by atoms with Crippen molar-refractivity contribution in [1.82, 2.24) is 5.32 Å². The smallest absolute Gasteiger partial charge is 0.115 e. The number of hydrogen-bond acceptors (Lipinski definition) is 4. The third kappa shape index (κ3) is 4.00. The second-order valence-electron chi connectivity index (χ2n) is 6.86. The molecule has 4 nitrogen and oxygen atoms in total. The summed E-state index contributed by atoms with van der Waals surface area (Å²) in [5.41, 5.74) is 0.755. The first-order valence-corrected chi connectivity index (χ1v) is 8.47. The first-order valence-electron chi connectivity index (χ1n) is 8.47. The highest BCUT2D eigenvalue weighted by atomic mass is 16.5. The lowest BCUT2D eigenvalue weighted by Crippen LogP contribution is -2.48. The Balaban J connectivity index is 1.44. The summed E-state index contributed by atoms with van der Waals surface area (Å²) in [6.07, 6.45) is 6.12. The summed E-state index contributed by atoms with van der Waals surface area (Å²) in [4.78, 5) is 0. The van der Waals surface area contributed by atoms with Crippen LogP contribution in [0.2, 0.25) is 0 Å². The third-order valence-electron chi connectivity index (χ3n) is 5.23. The Bertz CT molecular complexity index is 460. The van der Waals surface area contributed by atoms with E-state index in [1.165, 1.54) is 18.4 Å². The van der Waals surface area contributed by atoms with Crippen molar-refractivity contribution < 1.29 is 14.9 Å². The van der Waals surface area contributed by atoms with Gasteiger partial charge in [-0.15, -0.1) is 0 Å². The molecule has 0 radical (unpaired) electrons. The number of phenols is 1. The van der Waals surface area contributed by atoms with Gasteiger partial charge in [0.05, 0.1) is 5.60 Å². The average molecular weight is 305 g/mol. The van der Waals surface area contributed by atoms with Gasteiger partial charge in [0.15, 0.2) is 0 Å². The van der Waals surface area contributed by atoms with Crippen LogP contribution < -0.4 is 5.32 Å². The summed E-state index contributed by atoms with van der Waals surface area (Å²) in [7, 11) is 0. The van der Waals surface area contributed by atoms with Crippen molar-refractivity contribution >= 4 is 0 Å². The summed E-state index contributed by atoms with van der Waals surface area (Å²) in [6.45, 7) is 2.03. The quantitative estimate of drug-likeness (QED) is 0.800. The molecule has 3 N–H and O–H groups in total. The van der Waals surface area contributed by atoms with Crippen LogP contribution in [0.15, 0.2) is 24.3 Å². The molecule has 1 aromatic rings. The van der Waals surface area contributed by atoms with Gasteiger partial charge in [-0.1, -0.05) is 12.1 Å². The Morgan fingerprint density at radius 1 is 1.05 bits per heavy atom. The topological polar surface area (TPSA) is 61.7 Å². The van der Waals surface area contributed by atoms with E-state index in [0.717, 1.165) is 25.7 Å². The minimum atomic E-state index is -0.577. The summed E-state index contributed by atoms with van der Waals surface area (Å²) in [5, 5.41) is 23.4. The van der Waals surface area contributed by atoms with E-state index in [4.69, 9.17) is 4.74 Å². The first-order chi connectivity index (χ1) is 10.6. The van der Waals surface area contributed by atoms with Gasteiger partial charge in [-0.2, -0.15) is 0 Å². The van der Waals surface area contributed by atoms with E-state index in [9.17, 15) is 10.2 Å². The molecule has 1 aliphatic carbocycles. The molecule has 1 aromatic carbocycles. The van der Waals surface area contributed by atoms with Crippen LogP contribution in [0.25, 0.3) is 0 Å². The van der Waals surface area contributed by atoms with Crippen molar-refractivity contribution in [1.29, 1.82) is 0 Å². The molecule has 1 heterocycles. The highest BCUT2D eigenvalue weighted by Crippen LogP contribution is 2.33. The molecule has 2 fully saturated rings. The molecule has 2 aliphatic rings. The van der Waals surface area contributed by atoms with Crippen LogP contribution in [0.4, 0.5) is 0 Å². The summed E-state index contributed by atoms with van der Waals surface area (Å²) < 4.78 is 5.32. The van der Waals surface area contributed by atoms with Crippen molar-refractivity contribution in [3.05, 3.63) is 29.8 Å². The van der Waals surface area contributed by atoms with Crippen molar-refractivity contribution in [2.75, 3.05) is 19.8 Å². The molecule has 0 atom stereocenters. The van der Waals surface area contributed by atoms with Crippen LogP contribution >= 0.6 is 0 Å². The molecule has 0 aromatic heterocycles. The van der Waals surface area contributed by atoms with E-state index >= 15 is 0 Å². The molecule has 0 spiro atoms. The van der Waals surface area contributed by atoms with Gasteiger partial charge < -0.3 is 20.3 Å². The Hall–Kier alpha value is -1.10. The number of aromatic hydroxyl groups is 1. The number of aliphatic hydroxyl groups is 1. The van der Waals surface area contributed by atoms with Crippen LogP contribution in [0.5, 0.6) is 5.75 Å². The van der Waals surface area contributed by atoms with Crippen LogP contribution in [-0.4, -0.2) is 41.6 Å². The fraction of sp³-hybridized carbons (Fsp3) is 0.667. The minimum absolute atomic E-state index is 0.337. The lowest BCUT2D eigenvalue weighted by molar-refractivity contribution is -0.0632. The van der Waals surface area contributed by atoms with Gasteiger partial charge in [0, 0.05) is 38.6 Å². The van der Waals surface area contributed by atoms with Crippen molar-refractivity contribution in [3.8, 4) is 5.75 Å². The molecule has 122 valence electrons. The predicted octanol–water partition coefficient (Wildman–Crippen LogP) is 2.55. The van der Waals surface area contributed by atoms with Gasteiger partial charge in [-0.05, 0) is 49.3 Å². The van der Waals surface area contributed by atoms with Crippen LogP contribution in [0.3, 0.4) is 0 Å². The maximum Gasteiger partial charge on any atom is 0.115 e. The Morgan fingerprint density at radius 2 is 1.68 bits per heavy atom. The van der Waals surface area contributed by atoms with E-state index < -0.39 is 5.60 Å². The second kappa shape index (κ2) is 6.99. The molecule has 0 unspecified atom stereocenters. The molecular formula is C18H27NO3. The maximum absolute atomic E-state index is 10.5. The number of rotatable bonds is 4. The van der Waals surface area contributed by atoms with Crippen molar-refractivity contribution in [3.63, 3.8) is 0 Å². The number of benzene rings is 1. The van der Waals surface area contributed by atoms with Crippen molar-refractivity contribution in [2.24, 2.45) is 0 Å². The zero-order valence-electron chi connectivity index (χ0n) is 13.1. The zero-order valence-corrected chi connectivity index (χ0v) is 13.1. The average Bonchev–Trinajstić information content (AvgIpc) is 2.55. The lowest BCUT2D eigenvalue weighted by Gasteiger charge is -2.36. The predicted molar refractivity (Wildman–Crippen MR) is 86.1 cm³/mol. The van der Waals surface area contributed by atoms with Crippen molar-refractivity contribution in [2.45, 2.75) is 56.1 Å². The van der Waals surface area contributed by atoms with Gasteiger partial charge in [-0.3, -0.25) is 0 Å². The monoisotopic (exact) mass is 305 g/mol. The van der Waals surface area contributed by atoms with Gasteiger partial charge in [0.2, 0.25) is 0 Å². The van der Waals surface area contributed by atoms with E-state index in [2.05, 4.69) is 5.32 Å². The van der Waals surface area contributed by atoms with E-state index in [-0.39, 0.29) is 0 Å². The van der Waals surface area contributed by atoms with E-state index in [1.807, 2.05) is 12.1 Å². The summed E-state index contributed by atoms with van der Waals surface area (Å²) in [5.74, 6) is 0.939. The molecule has 1 saturated carbocycles. The molecule has 4 heteroatoms. The number of nitrogens with one attached hydrogen (secondary N) is 1. The van der Waals surface area contributed by atoms with Gasteiger partial charge >= 0.3 is 0 Å². The second-order valence-corrected chi connectivity index (χ2v) is 6.86. The Morgan fingerprint density at radius 3 is 2.32 bits per heavy atom. The van der Waals surface area contributed by atoms with Gasteiger partial charge in [0.25, 0.3) is 0 Å². The molecule has 0 amide bonds. The summed E-state index contributed by atoms with van der Waals surface area (Å²) >= 11 is 0. The normalized spacial score (nSPS) is 28.4. The number of hydrogen-bond donors (Lipinski definition) is 3. The van der Waals surface area contributed by atoms with E-state index in [0.29, 0.717) is 37.5 Å². The zero-order chi connectivity index (χ0) is 15.4. The largest absolute Gasteiger partial charge is 0.508 e. The molecule has 3 rings (SSSR count). The molecule has 1 aliphatic heterocycles. The minimum Gasteiger partial charge on any atom is -0.508 e. The lowest BCUT2D eigenvalue weighted by atomic mass is 9.81. The van der Waals surface area contributed by atoms with Gasteiger partial charge in [0.1, 0.15) is 5.75 Å². The standard InChI is InChI=1S/C18H27NO3/c20-17-7-3-15(4-8-17)14-1-5-16(6-2-14)19-13-18(21)9-11-22-12-10-18/h3-4,7-8,14,16,19-21H,1-2,5-6,9-13H2. The maximum atomic E-state index is 10.5. The summed E-state index contributed by atoms with van der Waals surface area (Å²) in [6, 6.07) is 8.15. The van der Waals surface area contributed by atoms with Crippen LogP contribution in [0, 0.1) is 0 Å². The molecule has 1 saturated heterocycles. The van der Waals surface area contributed by atoms with Crippen LogP contribution in [0.1, 0.15) is 50.0 Å². The number of ether oxygens (including phenoxy) is 1. The molecular weight excluding hydrogens is 278 g/mol. The van der Waals surface area contributed by atoms with Crippen LogP contribution in [-0.2, 0) is 4.74 Å². The van der Waals surface area contributed by atoms with E-state index in [1.54, 1.807) is 12.1 Å². The molecule has 22 heavy (non-hydrogen) atoms. The fourth-order valence-corrected chi connectivity index (χ4v) is 3.64. The Kier molecular flexibility index (Phi) is 5.01. The first kappa shape index (κ1) is 15.8. The van der Waals surface area contributed by atoms with Gasteiger partial charge in [-0.25, -0.2) is 0 Å². The number of phenolic OH excluding ortho intramolecular Hbond substituents is 1. The molecule has 0 bridgehead atoms. The SMILES string of the molecule is Oc1ccc(C2CCC(NCC3(O)CCOCC3)CC2)cc1.